The van der Waals surface area contributed by atoms with Crippen molar-refractivity contribution >= 4 is 0 Å². The van der Waals surface area contributed by atoms with Crippen molar-refractivity contribution in [2.24, 2.45) is 7.05 Å². The highest BCUT2D eigenvalue weighted by molar-refractivity contribution is 5.22. The third kappa shape index (κ3) is 3.33. The van der Waals surface area contributed by atoms with Gasteiger partial charge >= 0.3 is 0 Å². The fraction of sp³-hybridized carbons (Fsp3) is 0.647. The summed E-state index contributed by atoms with van der Waals surface area (Å²) in [6.45, 7) is 10.2. The Balaban J connectivity index is 1.65. The lowest BCUT2D eigenvalue weighted by atomic mass is 10.0. The van der Waals surface area contributed by atoms with Gasteiger partial charge in [-0.3, -0.25) is 9.36 Å². The number of nitrogens with one attached hydrogen (secondary N) is 1. The molecule has 1 N–H and O–H groups in total. The fourth-order valence-corrected chi connectivity index (χ4v) is 2.97. The molecule has 0 saturated carbocycles. The number of nitrogens with zero attached hydrogens (tertiary/aromatic N) is 4. The zero-order valence-corrected chi connectivity index (χ0v) is 14.7. The second kappa shape index (κ2) is 6.09. The molecule has 1 aliphatic rings. The minimum atomic E-state index is 0.0179. The monoisotopic (exact) mass is 317 g/mol. The molecule has 23 heavy (non-hydrogen) atoms. The van der Waals surface area contributed by atoms with E-state index in [0.29, 0.717) is 6.04 Å². The summed E-state index contributed by atoms with van der Waals surface area (Å²) in [6.07, 6.45) is 7.09. The van der Waals surface area contributed by atoms with E-state index >= 15 is 0 Å². The van der Waals surface area contributed by atoms with Crippen LogP contribution in [-0.2, 0) is 23.9 Å². The summed E-state index contributed by atoms with van der Waals surface area (Å²) in [5.41, 5.74) is 3.58. The van der Waals surface area contributed by atoms with Crippen LogP contribution in [-0.4, -0.2) is 32.2 Å². The van der Waals surface area contributed by atoms with E-state index < -0.39 is 0 Å². The Bertz CT molecular complexity index is 667. The molecule has 0 aliphatic carbocycles. The van der Waals surface area contributed by atoms with Crippen LogP contribution in [0.15, 0.2) is 18.6 Å². The molecule has 0 radical (unpaired) electrons. The first-order valence-corrected chi connectivity index (χ1v) is 8.24. The molecular weight excluding hydrogens is 290 g/mol. The number of aromatic nitrogens is 4. The first-order valence-electron chi connectivity index (χ1n) is 8.24. The van der Waals surface area contributed by atoms with Gasteiger partial charge in [-0.2, -0.15) is 10.2 Å². The van der Waals surface area contributed by atoms with Gasteiger partial charge in [0.2, 0.25) is 0 Å². The Hall–Kier alpha value is -1.66. The van der Waals surface area contributed by atoms with Crippen LogP contribution in [0.2, 0.25) is 0 Å². The second-order valence-corrected chi connectivity index (χ2v) is 7.34. The lowest BCUT2D eigenvalue weighted by Crippen LogP contribution is -2.31. The number of aryl methyl sites for hydroxylation is 1. The predicted octanol–water partition coefficient (Wildman–Crippen LogP) is 2.30. The molecule has 2 aromatic heterocycles. The second-order valence-electron chi connectivity index (χ2n) is 7.34. The summed E-state index contributed by atoms with van der Waals surface area (Å²) in [6, 6.07) is 0.316. The summed E-state index contributed by atoms with van der Waals surface area (Å²) in [4.78, 5) is 0. The van der Waals surface area contributed by atoms with Crippen LogP contribution >= 0.6 is 0 Å². The summed E-state index contributed by atoms with van der Waals surface area (Å²) < 4.78 is 9.87. The fourth-order valence-electron chi connectivity index (χ4n) is 2.97. The van der Waals surface area contributed by atoms with Gasteiger partial charge in [0.1, 0.15) is 6.10 Å². The first kappa shape index (κ1) is 16.2. The van der Waals surface area contributed by atoms with E-state index in [1.165, 1.54) is 16.8 Å². The highest BCUT2D eigenvalue weighted by Crippen LogP contribution is 2.31. The predicted molar refractivity (Wildman–Crippen MR) is 89.1 cm³/mol. The molecule has 1 aliphatic heterocycles. The molecule has 6 heteroatoms. The zero-order chi connectivity index (χ0) is 16.6. The summed E-state index contributed by atoms with van der Waals surface area (Å²) >= 11 is 0. The smallest absolute Gasteiger partial charge is 0.101 e. The topological polar surface area (TPSA) is 56.9 Å². The van der Waals surface area contributed by atoms with Crippen LogP contribution in [0.1, 0.15) is 50.1 Å². The quantitative estimate of drug-likeness (QED) is 0.940. The molecule has 0 aromatic carbocycles. The number of hydrogen-bond donors (Lipinski definition) is 1. The average Bonchev–Trinajstić information content (AvgIpc) is 3.18. The van der Waals surface area contributed by atoms with Crippen molar-refractivity contribution in [2.45, 2.75) is 58.3 Å². The molecule has 126 valence electrons. The van der Waals surface area contributed by atoms with Crippen LogP contribution in [0.4, 0.5) is 0 Å². The van der Waals surface area contributed by atoms with Crippen LogP contribution in [0.3, 0.4) is 0 Å². The minimum absolute atomic E-state index is 0.0179. The van der Waals surface area contributed by atoms with E-state index in [9.17, 15) is 0 Å². The van der Waals surface area contributed by atoms with Gasteiger partial charge < -0.3 is 10.1 Å². The van der Waals surface area contributed by atoms with Gasteiger partial charge in [-0.05, 0) is 34.1 Å². The maximum atomic E-state index is 5.96. The Morgan fingerprint density at radius 2 is 2.09 bits per heavy atom. The molecule has 1 fully saturated rings. The standard InChI is InChI=1S/C17H27N5O/c1-12-14(10-19-21(12)5)16-15(6-7-23-16)18-8-13-9-20-22(11-13)17(2,3)4/h9-11,15-16,18H,6-8H2,1-5H3/t15-,16+/m0/s1. The van der Waals surface area contributed by atoms with Crippen molar-refractivity contribution in [3.05, 3.63) is 35.4 Å². The van der Waals surface area contributed by atoms with Gasteiger partial charge in [0, 0.05) is 49.3 Å². The molecular formula is C17H27N5O. The third-order valence-corrected chi connectivity index (χ3v) is 4.56. The van der Waals surface area contributed by atoms with Crippen LogP contribution in [0, 0.1) is 6.92 Å². The SMILES string of the molecule is Cc1c([C@H]2OCC[C@@H]2NCc2cnn(C(C)(C)C)c2)cnn1C. The molecule has 2 aromatic rings. The van der Waals surface area contributed by atoms with Crippen LogP contribution in [0.5, 0.6) is 0 Å². The van der Waals surface area contributed by atoms with E-state index in [2.05, 4.69) is 49.4 Å². The molecule has 1 saturated heterocycles. The minimum Gasteiger partial charge on any atom is -0.372 e. The van der Waals surface area contributed by atoms with Crippen molar-refractivity contribution in [1.82, 2.24) is 24.9 Å². The van der Waals surface area contributed by atoms with Crippen molar-refractivity contribution in [3.63, 3.8) is 0 Å². The molecule has 0 amide bonds. The molecule has 3 heterocycles. The first-order chi connectivity index (χ1) is 10.9. The van der Waals surface area contributed by atoms with E-state index in [1.807, 2.05) is 28.8 Å². The molecule has 0 unspecified atom stereocenters. The highest BCUT2D eigenvalue weighted by Gasteiger charge is 2.31. The van der Waals surface area contributed by atoms with E-state index in [1.54, 1.807) is 0 Å². The van der Waals surface area contributed by atoms with E-state index in [-0.39, 0.29) is 11.6 Å². The number of ether oxygens (including phenoxy) is 1. The summed E-state index contributed by atoms with van der Waals surface area (Å²) in [5, 5.41) is 12.4. The van der Waals surface area contributed by atoms with Crippen molar-refractivity contribution in [1.29, 1.82) is 0 Å². The molecule has 3 rings (SSSR count). The largest absolute Gasteiger partial charge is 0.372 e. The Morgan fingerprint density at radius 3 is 2.70 bits per heavy atom. The van der Waals surface area contributed by atoms with Gasteiger partial charge in [0.05, 0.1) is 17.9 Å². The van der Waals surface area contributed by atoms with Gasteiger partial charge in [-0.25, -0.2) is 0 Å². The zero-order valence-electron chi connectivity index (χ0n) is 14.7. The van der Waals surface area contributed by atoms with Gasteiger partial charge in [0.25, 0.3) is 0 Å². The lowest BCUT2D eigenvalue weighted by Gasteiger charge is -2.20. The van der Waals surface area contributed by atoms with Gasteiger partial charge in [0.15, 0.2) is 0 Å². The van der Waals surface area contributed by atoms with E-state index in [0.717, 1.165) is 19.6 Å². The Kier molecular flexibility index (Phi) is 4.29. The van der Waals surface area contributed by atoms with Crippen LogP contribution < -0.4 is 5.32 Å². The number of rotatable bonds is 4. The third-order valence-electron chi connectivity index (χ3n) is 4.56. The van der Waals surface area contributed by atoms with Crippen molar-refractivity contribution in [2.75, 3.05) is 6.61 Å². The summed E-state index contributed by atoms with van der Waals surface area (Å²) in [7, 11) is 1.97. The Labute approximate surface area is 137 Å². The molecule has 6 nitrogen and oxygen atoms in total. The summed E-state index contributed by atoms with van der Waals surface area (Å²) in [5.74, 6) is 0. The Morgan fingerprint density at radius 1 is 1.30 bits per heavy atom. The molecule has 2 atom stereocenters. The van der Waals surface area contributed by atoms with Gasteiger partial charge in [-0.1, -0.05) is 0 Å². The normalized spacial score (nSPS) is 22.0. The maximum absolute atomic E-state index is 5.96. The average molecular weight is 317 g/mol. The van der Waals surface area contributed by atoms with Crippen molar-refractivity contribution < 1.29 is 4.74 Å². The number of hydrogen-bond acceptors (Lipinski definition) is 4. The molecule has 0 bridgehead atoms. The van der Waals surface area contributed by atoms with E-state index in [4.69, 9.17) is 4.74 Å². The lowest BCUT2D eigenvalue weighted by molar-refractivity contribution is 0.0979. The van der Waals surface area contributed by atoms with Crippen LogP contribution in [0.25, 0.3) is 0 Å². The van der Waals surface area contributed by atoms with Crippen molar-refractivity contribution in [3.8, 4) is 0 Å². The molecule has 0 spiro atoms. The highest BCUT2D eigenvalue weighted by atomic mass is 16.5. The van der Waals surface area contributed by atoms with Gasteiger partial charge in [-0.15, -0.1) is 0 Å². The maximum Gasteiger partial charge on any atom is 0.101 e.